The van der Waals surface area contributed by atoms with Gasteiger partial charge in [0, 0.05) is 12.6 Å². The van der Waals surface area contributed by atoms with Gasteiger partial charge in [0.2, 0.25) is 0 Å². The Morgan fingerprint density at radius 2 is 2.36 bits per heavy atom. The molecule has 0 radical (unpaired) electrons. The SMILES string of the molecule is OCCC#Cc1cnc2ccccn12. The fourth-order valence-electron chi connectivity index (χ4n) is 1.23. The van der Waals surface area contributed by atoms with Crippen LogP contribution < -0.4 is 0 Å². The number of fused-ring (bicyclic) bond motifs is 1. The molecule has 0 spiro atoms. The Balaban J connectivity index is 2.40. The van der Waals surface area contributed by atoms with Crippen molar-refractivity contribution in [3.63, 3.8) is 0 Å². The zero-order valence-corrected chi connectivity index (χ0v) is 7.64. The van der Waals surface area contributed by atoms with Gasteiger partial charge in [-0.05, 0) is 18.1 Å². The van der Waals surface area contributed by atoms with Crippen LogP contribution >= 0.6 is 0 Å². The Bertz CT molecular complexity index is 490. The van der Waals surface area contributed by atoms with Crippen molar-refractivity contribution in [3.05, 3.63) is 36.3 Å². The number of rotatable bonds is 1. The average Bonchev–Trinajstić information content (AvgIpc) is 2.63. The fourth-order valence-corrected chi connectivity index (χ4v) is 1.23. The highest BCUT2D eigenvalue weighted by Crippen LogP contribution is 2.04. The number of hydrogen-bond donors (Lipinski definition) is 1. The number of nitrogens with zero attached hydrogens (tertiary/aromatic N) is 2. The topological polar surface area (TPSA) is 37.5 Å². The largest absolute Gasteiger partial charge is 0.395 e. The maximum atomic E-state index is 8.58. The fraction of sp³-hybridized carbons (Fsp3) is 0.182. The Kier molecular flexibility index (Phi) is 2.48. The van der Waals surface area contributed by atoms with Crippen LogP contribution in [0.15, 0.2) is 30.6 Å². The molecule has 0 aromatic carbocycles. The number of aromatic nitrogens is 2. The van der Waals surface area contributed by atoms with Crippen LogP contribution in [0.1, 0.15) is 12.1 Å². The lowest BCUT2D eigenvalue weighted by atomic mass is 10.4. The van der Waals surface area contributed by atoms with Crippen molar-refractivity contribution in [2.45, 2.75) is 6.42 Å². The average molecular weight is 186 g/mol. The molecule has 0 saturated carbocycles. The highest BCUT2D eigenvalue weighted by molar-refractivity contribution is 5.44. The molecule has 2 aromatic rings. The third kappa shape index (κ3) is 1.61. The van der Waals surface area contributed by atoms with Crippen LogP contribution in [0.2, 0.25) is 0 Å². The van der Waals surface area contributed by atoms with Gasteiger partial charge in [-0.15, -0.1) is 0 Å². The monoisotopic (exact) mass is 186 g/mol. The molecule has 0 bridgehead atoms. The van der Waals surface area contributed by atoms with Crippen molar-refractivity contribution >= 4 is 5.65 Å². The van der Waals surface area contributed by atoms with Gasteiger partial charge in [-0.25, -0.2) is 4.98 Å². The molecule has 0 fully saturated rings. The van der Waals surface area contributed by atoms with Crippen LogP contribution in [0, 0.1) is 11.8 Å². The van der Waals surface area contributed by atoms with Gasteiger partial charge in [0.15, 0.2) is 0 Å². The molecule has 0 aliphatic carbocycles. The molecule has 0 aliphatic heterocycles. The van der Waals surface area contributed by atoms with Gasteiger partial charge >= 0.3 is 0 Å². The van der Waals surface area contributed by atoms with Gasteiger partial charge in [-0.2, -0.15) is 0 Å². The Morgan fingerprint density at radius 1 is 1.43 bits per heavy atom. The number of imidazole rings is 1. The molecular formula is C11H10N2O. The summed E-state index contributed by atoms with van der Waals surface area (Å²) >= 11 is 0. The van der Waals surface area contributed by atoms with E-state index in [1.165, 1.54) is 0 Å². The van der Waals surface area contributed by atoms with Gasteiger partial charge in [-0.1, -0.05) is 12.0 Å². The van der Waals surface area contributed by atoms with Crippen molar-refractivity contribution in [1.82, 2.24) is 9.38 Å². The number of aliphatic hydroxyl groups excluding tert-OH is 1. The van der Waals surface area contributed by atoms with E-state index in [-0.39, 0.29) is 6.61 Å². The van der Waals surface area contributed by atoms with Crippen LogP contribution in [-0.4, -0.2) is 21.1 Å². The third-order valence-electron chi connectivity index (χ3n) is 1.87. The van der Waals surface area contributed by atoms with Crippen LogP contribution in [-0.2, 0) is 0 Å². The molecular weight excluding hydrogens is 176 g/mol. The molecule has 2 heterocycles. The third-order valence-corrected chi connectivity index (χ3v) is 1.87. The second-order valence-electron chi connectivity index (χ2n) is 2.85. The minimum atomic E-state index is 0.101. The summed E-state index contributed by atoms with van der Waals surface area (Å²) in [5, 5.41) is 8.58. The smallest absolute Gasteiger partial charge is 0.137 e. The normalized spacial score (nSPS) is 9.79. The highest BCUT2D eigenvalue weighted by atomic mass is 16.2. The summed E-state index contributed by atoms with van der Waals surface area (Å²) in [6.45, 7) is 0.101. The number of aliphatic hydroxyl groups is 1. The summed E-state index contributed by atoms with van der Waals surface area (Å²) in [7, 11) is 0. The molecule has 0 amide bonds. The first-order valence-electron chi connectivity index (χ1n) is 4.43. The maximum absolute atomic E-state index is 8.58. The van der Waals surface area contributed by atoms with E-state index >= 15 is 0 Å². The lowest BCUT2D eigenvalue weighted by Gasteiger charge is -1.92. The first-order valence-corrected chi connectivity index (χ1v) is 4.43. The molecule has 0 aliphatic rings. The second-order valence-corrected chi connectivity index (χ2v) is 2.85. The predicted molar refractivity (Wildman–Crippen MR) is 53.8 cm³/mol. The van der Waals surface area contributed by atoms with E-state index in [1.807, 2.05) is 28.8 Å². The summed E-state index contributed by atoms with van der Waals surface area (Å²) < 4.78 is 1.92. The minimum absolute atomic E-state index is 0.101. The first kappa shape index (κ1) is 8.79. The zero-order valence-electron chi connectivity index (χ0n) is 7.64. The standard InChI is InChI=1S/C11H10N2O/c14-8-4-2-5-10-9-12-11-6-1-3-7-13(10)11/h1,3,6-7,9,14H,4,8H2. The van der Waals surface area contributed by atoms with Crippen molar-refractivity contribution in [3.8, 4) is 11.8 Å². The van der Waals surface area contributed by atoms with Gasteiger partial charge < -0.3 is 5.11 Å². The summed E-state index contributed by atoms with van der Waals surface area (Å²) in [6, 6.07) is 5.80. The Hall–Kier alpha value is -1.79. The van der Waals surface area contributed by atoms with Crippen LogP contribution in [0.3, 0.4) is 0 Å². The molecule has 3 nitrogen and oxygen atoms in total. The number of pyridine rings is 1. The van der Waals surface area contributed by atoms with Crippen molar-refractivity contribution < 1.29 is 5.11 Å². The molecule has 0 unspecified atom stereocenters. The van der Waals surface area contributed by atoms with Gasteiger partial charge in [0.25, 0.3) is 0 Å². The zero-order chi connectivity index (χ0) is 9.80. The summed E-state index contributed by atoms with van der Waals surface area (Å²) in [6.07, 6.45) is 4.16. The van der Waals surface area contributed by atoms with Gasteiger partial charge in [0.05, 0.1) is 12.8 Å². The molecule has 14 heavy (non-hydrogen) atoms. The quantitative estimate of drug-likeness (QED) is 0.676. The number of hydrogen-bond acceptors (Lipinski definition) is 2. The van der Waals surface area contributed by atoms with Gasteiger partial charge in [0.1, 0.15) is 11.3 Å². The molecule has 70 valence electrons. The van der Waals surface area contributed by atoms with E-state index in [2.05, 4.69) is 16.8 Å². The summed E-state index contributed by atoms with van der Waals surface area (Å²) in [4.78, 5) is 4.20. The summed E-state index contributed by atoms with van der Waals surface area (Å²) in [5.74, 6) is 5.83. The van der Waals surface area contributed by atoms with E-state index in [9.17, 15) is 0 Å². The van der Waals surface area contributed by atoms with Crippen molar-refractivity contribution in [1.29, 1.82) is 0 Å². The Labute approximate surface area is 82.0 Å². The van der Waals surface area contributed by atoms with E-state index in [0.29, 0.717) is 6.42 Å². The van der Waals surface area contributed by atoms with Crippen molar-refractivity contribution in [2.75, 3.05) is 6.61 Å². The first-order chi connectivity index (χ1) is 6.92. The van der Waals surface area contributed by atoms with Crippen LogP contribution in [0.4, 0.5) is 0 Å². The van der Waals surface area contributed by atoms with Crippen LogP contribution in [0.25, 0.3) is 5.65 Å². The second kappa shape index (κ2) is 3.95. The van der Waals surface area contributed by atoms with Gasteiger partial charge in [-0.3, -0.25) is 4.40 Å². The molecule has 2 aromatic heterocycles. The lowest BCUT2D eigenvalue weighted by Crippen LogP contribution is -1.86. The van der Waals surface area contributed by atoms with E-state index < -0.39 is 0 Å². The summed E-state index contributed by atoms with van der Waals surface area (Å²) in [5.41, 5.74) is 1.75. The predicted octanol–water partition coefficient (Wildman–Crippen LogP) is 1.07. The highest BCUT2D eigenvalue weighted by Gasteiger charge is 1.96. The molecule has 0 atom stereocenters. The molecule has 3 heteroatoms. The minimum Gasteiger partial charge on any atom is -0.395 e. The van der Waals surface area contributed by atoms with E-state index in [0.717, 1.165) is 11.3 Å². The maximum Gasteiger partial charge on any atom is 0.137 e. The molecule has 1 N–H and O–H groups in total. The van der Waals surface area contributed by atoms with Crippen LogP contribution in [0.5, 0.6) is 0 Å². The van der Waals surface area contributed by atoms with E-state index in [4.69, 9.17) is 5.11 Å². The van der Waals surface area contributed by atoms with Crippen molar-refractivity contribution in [2.24, 2.45) is 0 Å². The molecule has 0 saturated heterocycles. The molecule has 2 rings (SSSR count). The Morgan fingerprint density at radius 3 is 3.21 bits per heavy atom. The lowest BCUT2D eigenvalue weighted by molar-refractivity contribution is 0.305. The van der Waals surface area contributed by atoms with E-state index in [1.54, 1.807) is 6.20 Å².